The van der Waals surface area contributed by atoms with Gasteiger partial charge in [0.05, 0.1) is 23.3 Å². The monoisotopic (exact) mass is 204 g/mol. The van der Waals surface area contributed by atoms with Crippen LogP contribution in [0.1, 0.15) is 11.7 Å². The standard InChI is InChI=1S/C10H12N4O/c11-4-9(15)6-1-2-7-8(3-6)13-5-10(12)14-7/h1-3,5,9,15H,4,11H2,(H2,12,14). The lowest BCUT2D eigenvalue weighted by Gasteiger charge is -2.08. The molecule has 78 valence electrons. The van der Waals surface area contributed by atoms with Gasteiger partial charge in [-0.25, -0.2) is 4.98 Å². The summed E-state index contributed by atoms with van der Waals surface area (Å²) in [7, 11) is 0. The fourth-order valence-corrected chi connectivity index (χ4v) is 1.39. The zero-order chi connectivity index (χ0) is 10.8. The third-order valence-corrected chi connectivity index (χ3v) is 2.19. The number of nitrogens with two attached hydrogens (primary N) is 2. The zero-order valence-electron chi connectivity index (χ0n) is 8.09. The summed E-state index contributed by atoms with van der Waals surface area (Å²) < 4.78 is 0. The molecule has 1 aromatic carbocycles. The van der Waals surface area contributed by atoms with Crippen molar-refractivity contribution in [2.24, 2.45) is 5.73 Å². The Kier molecular flexibility index (Phi) is 2.49. The molecule has 0 spiro atoms. The molecule has 1 atom stereocenters. The van der Waals surface area contributed by atoms with Crippen LogP contribution in [0.3, 0.4) is 0 Å². The first kappa shape index (κ1) is 9.82. The Labute approximate surface area is 86.8 Å². The first-order valence-corrected chi connectivity index (χ1v) is 4.61. The van der Waals surface area contributed by atoms with Crippen LogP contribution in [0.4, 0.5) is 5.82 Å². The minimum Gasteiger partial charge on any atom is -0.387 e. The predicted octanol–water partition coefficient (Wildman–Crippen LogP) is 0.204. The summed E-state index contributed by atoms with van der Waals surface area (Å²) in [6, 6.07) is 5.31. The largest absolute Gasteiger partial charge is 0.387 e. The van der Waals surface area contributed by atoms with E-state index in [-0.39, 0.29) is 6.54 Å². The quantitative estimate of drug-likeness (QED) is 0.649. The Morgan fingerprint density at radius 1 is 1.33 bits per heavy atom. The van der Waals surface area contributed by atoms with E-state index in [0.717, 1.165) is 5.56 Å². The van der Waals surface area contributed by atoms with E-state index in [1.54, 1.807) is 18.2 Å². The molecule has 0 aliphatic carbocycles. The summed E-state index contributed by atoms with van der Waals surface area (Å²) in [6.45, 7) is 0.188. The van der Waals surface area contributed by atoms with Gasteiger partial charge in [0.2, 0.25) is 0 Å². The highest BCUT2D eigenvalue weighted by molar-refractivity contribution is 5.76. The van der Waals surface area contributed by atoms with E-state index in [1.807, 2.05) is 0 Å². The number of anilines is 1. The van der Waals surface area contributed by atoms with E-state index in [2.05, 4.69) is 9.97 Å². The van der Waals surface area contributed by atoms with Crippen molar-refractivity contribution in [1.82, 2.24) is 9.97 Å². The third-order valence-electron chi connectivity index (χ3n) is 2.19. The molecule has 0 saturated heterocycles. The van der Waals surface area contributed by atoms with Crippen molar-refractivity contribution in [2.75, 3.05) is 12.3 Å². The Hall–Kier alpha value is -1.72. The lowest BCUT2D eigenvalue weighted by molar-refractivity contribution is 0.187. The maximum absolute atomic E-state index is 9.55. The van der Waals surface area contributed by atoms with Gasteiger partial charge in [-0.05, 0) is 17.7 Å². The van der Waals surface area contributed by atoms with Crippen molar-refractivity contribution in [1.29, 1.82) is 0 Å². The van der Waals surface area contributed by atoms with Crippen LogP contribution in [-0.2, 0) is 0 Å². The topological polar surface area (TPSA) is 98.0 Å². The van der Waals surface area contributed by atoms with Crippen LogP contribution >= 0.6 is 0 Å². The van der Waals surface area contributed by atoms with Crippen molar-refractivity contribution < 1.29 is 5.11 Å². The molecule has 1 unspecified atom stereocenters. The van der Waals surface area contributed by atoms with Crippen molar-refractivity contribution in [3.63, 3.8) is 0 Å². The second kappa shape index (κ2) is 3.80. The number of aromatic nitrogens is 2. The van der Waals surface area contributed by atoms with Gasteiger partial charge >= 0.3 is 0 Å². The average molecular weight is 204 g/mol. The SMILES string of the molecule is NCC(O)c1ccc2nc(N)cnc2c1. The molecule has 0 aliphatic heterocycles. The van der Waals surface area contributed by atoms with E-state index < -0.39 is 6.10 Å². The van der Waals surface area contributed by atoms with Crippen molar-refractivity contribution in [3.8, 4) is 0 Å². The van der Waals surface area contributed by atoms with Crippen LogP contribution < -0.4 is 11.5 Å². The molecule has 0 bridgehead atoms. The molecule has 0 amide bonds. The molecule has 5 heteroatoms. The smallest absolute Gasteiger partial charge is 0.142 e. The molecule has 1 aromatic heterocycles. The summed E-state index contributed by atoms with van der Waals surface area (Å²) in [5.74, 6) is 0.384. The van der Waals surface area contributed by atoms with E-state index in [1.165, 1.54) is 6.20 Å². The molecule has 15 heavy (non-hydrogen) atoms. The van der Waals surface area contributed by atoms with Gasteiger partial charge < -0.3 is 16.6 Å². The maximum atomic E-state index is 9.55. The summed E-state index contributed by atoms with van der Waals surface area (Å²) in [5.41, 5.74) is 13.0. The second-order valence-corrected chi connectivity index (χ2v) is 3.29. The van der Waals surface area contributed by atoms with Crippen LogP contribution in [0, 0.1) is 0 Å². The first-order valence-electron chi connectivity index (χ1n) is 4.61. The molecular weight excluding hydrogens is 192 g/mol. The number of nitrogen functional groups attached to an aromatic ring is 1. The molecule has 0 saturated carbocycles. The molecule has 2 aromatic rings. The Morgan fingerprint density at radius 2 is 2.13 bits per heavy atom. The first-order chi connectivity index (χ1) is 7.20. The van der Waals surface area contributed by atoms with Gasteiger partial charge in [-0.15, -0.1) is 0 Å². The minimum absolute atomic E-state index is 0.188. The molecule has 1 heterocycles. The molecule has 0 fully saturated rings. The molecule has 0 radical (unpaired) electrons. The van der Waals surface area contributed by atoms with Gasteiger partial charge in [-0.1, -0.05) is 6.07 Å². The number of rotatable bonds is 2. The van der Waals surface area contributed by atoms with Gasteiger partial charge in [0.15, 0.2) is 0 Å². The van der Waals surface area contributed by atoms with Crippen LogP contribution in [0.15, 0.2) is 24.4 Å². The number of fused-ring (bicyclic) bond motifs is 1. The van der Waals surface area contributed by atoms with Crippen molar-refractivity contribution >= 4 is 16.9 Å². The second-order valence-electron chi connectivity index (χ2n) is 3.29. The van der Waals surface area contributed by atoms with Gasteiger partial charge in [-0.2, -0.15) is 0 Å². The Balaban J connectivity index is 2.52. The van der Waals surface area contributed by atoms with Gasteiger partial charge in [0.25, 0.3) is 0 Å². The number of aliphatic hydroxyl groups excluding tert-OH is 1. The fourth-order valence-electron chi connectivity index (χ4n) is 1.39. The van der Waals surface area contributed by atoms with Gasteiger partial charge in [0, 0.05) is 6.54 Å². The lowest BCUT2D eigenvalue weighted by atomic mass is 10.1. The zero-order valence-corrected chi connectivity index (χ0v) is 8.09. The van der Waals surface area contributed by atoms with E-state index in [9.17, 15) is 5.11 Å². The number of nitrogens with zero attached hydrogens (tertiary/aromatic N) is 2. The van der Waals surface area contributed by atoms with E-state index in [0.29, 0.717) is 16.9 Å². The molecule has 5 nitrogen and oxygen atoms in total. The maximum Gasteiger partial charge on any atom is 0.142 e. The van der Waals surface area contributed by atoms with Gasteiger partial charge in [0.1, 0.15) is 5.82 Å². The van der Waals surface area contributed by atoms with Crippen LogP contribution in [0.25, 0.3) is 11.0 Å². The Bertz CT molecular complexity index is 486. The molecule has 5 N–H and O–H groups in total. The van der Waals surface area contributed by atoms with Crippen molar-refractivity contribution in [3.05, 3.63) is 30.0 Å². The minimum atomic E-state index is -0.659. The normalized spacial score (nSPS) is 12.9. The van der Waals surface area contributed by atoms with Crippen molar-refractivity contribution in [2.45, 2.75) is 6.10 Å². The number of benzene rings is 1. The van der Waals surface area contributed by atoms with E-state index >= 15 is 0 Å². The Morgan fingerprint density at radius 3 is 2.87 bits per heavy atom. The third kappa shape index (κ3) is 1.88. The predicted molar refractivity (Wildman–Crippen MR) is 58.0 cm³/mol. The van der Waals surface area contributed by atoms with Gasteiger partial charge in [-0.3, -0.25) is 4.98 Å². The summed E-state index contributed by atoms with van der Waals surface area (Å²) in [5, 5.41) is 9.55. The van der Waals surface area contributed by atoms with Crippen LogP contribution in [-0.4, -0.2) is 21.6 Å². The molecular formula is C10H12N4O. The average Bonchev–Trinajstić information content (AvgIpc) is 2.27. The van der Waals surface area contributed by atoms with E-state index in [4.69, 9.17) is 11.5 Å². The van der Waals surface area contributed by atoms with Crippen LogP contribution in [0.2, 0.25) is 0 Å². The number of hydrogen-bond donors (Lipinski definition) is 3. The van der Waals surface area contributed by atoms with Crippen LogP contribution in [0.5, 0.6) is 0 Å². The molecule has 0 aliphatic rings. The highest BCUT2D eigenvalue weighted by atomic mass is 16.3. The fraction of sp³-hybridized carbons (Fsp3) is 0.200. The number of hydrogen-bond acceptors (Lipinski definition) is 5. The number of aliphatic hydroxyl groups is 1. The lowest BCUT2D eigenvalue weighted by Crippen LogP contribution is -2.11. The highest BCUT2D eigenvalue weighted by Gasteiger charge is 2.06. The summed E-state index contributed by atoms with van der Waals surface area (Å²) in [6.07, 6.45) is 0.828. The highest BCUT2D eigenvalue weighted by Crippen LogP contribution is 2.17. The summed E-state index contributed by atoms with van der Waals surface area (Å²) in [4.78, 5) is 8.22. The molecule has 2 rings (SSSR count). The summed E-state index contributed by atoms with van der Waals surface area (Å²) >= 11 is 0.